The summed E-state index contributed by atoms with van der Waals surface area (Å²) in [6.45, 7) is 0.216. The van der Waals surface area contributed by atoms with Crippen molar-refractivity contribution in [3.63, 3.8) is 0 Å². The van der Waals surface area contributed by atoms with Gasteiger partial charge in [0.15, 0.2) is 6.61 Å². The SMILES string of the molecule is COc1ccc(CN2Cc3ccnc(-c4ccc(F)cc4OCC(F)(F)F)c3C2)c(OC)c1. The van der Waals surface area contributed by atoms with E-state index in [0.717, 1.165) is 22.8 Å². The number of alkyl halides is 3. The Morgan fingerprint density at radius 3 is 2.52 bits per heavy atom. The van der Waals surface area contributed by atoms with E-state index in [0.29, 0.717) is 42.4 Å². The minimum absolute atomic E-state index is 0.191. The number of hydrogen-bond donors (Lipinski definition) is 0. The van der Waals surface area contributed by atoms with Crippen molar-refractivity contribution in [2.45, 2.75) is 25.8 Å². The van der Waals surface area contributed by atoms with Crippen LogP contribution in [0.15, 0.2) is 48.7 Å². The lowest BCUT2D eigenvalue weighted by Gasteiger charge is -2.18. The number of rotatable bonds is 7. The predicted octanol–water partition coefficient (Wildman–Crippen LogP) is 5.36. The van der Waals surface area contributed by atoms with Crippen molar-refractivity contribution >= 4 is 0 Å². The average molecular weight is 462 g/mol. The zero-order valence-electron chi connectivity index (χ0n) is 18.1. The first-order valence-electron chi connectivity index (χ1n) is 10.2. The molecule has 1 aliphatic heterocycles. The number of halogens is 4. The van der Waals surface area contributed by atoms with Crippen LogP contribution in [-0.4, -0.2) is 36.9 Å². The van der Waals surface area contributed by atoms with Crippen molar-refractivity contribution in [2.24, 2.45) is 0 Å². The van der Waals surface area contributed by atoms with Gasteiger partial charge in [0.2, 0.25) is 0 Å². The summed E-state index contributed by atoms with van der Waals surface area (Å²) in [5, 5.41) is 0. The third-order valence-electron chi connectivity index (χ3n) is 5.41. The monoisotopic (exact) mass is 462 g/mol. The number of ether oxygens (including phenoxy) is 3. The lowest BCUT2D eigenvalue weighted by molar-refractivity contribution is -0.153. The van der Waals surface area contributed by atoms with Gasteiger partial charge in [-0.15, -0.1) is 0 Å². The maximum absolute atomic E-state index is 13.8. The van der Waals surface area contributed by atoms with E-state index in [1.165, 1.54) is 12.1 Å². The highest BCUT2D eigenvalue weighted by Gasteiger charge is 2.30. The molecule has 1 aromatic heterocycles. The first kappa shape index (κ1) is 22.8. The molecule has 1 aliphatic rings. The maximum Gasteiger partial charge on any atom is 0.422 e. The van der Waals surface area contributed by atoms with Gasteiger partial charge < -0.3 is 14.2 Å². The summed E-state index contributed by atoms with van der Waals surface area (Å²) in [6, 6.07) is 11.0. The van der Waals surface area contributed by atoms with Crippen molar-refractivity contribution in [1.82, 2.24) is 9.88 Å². The highest BCUT2D eigenvalue weighted by Crippen LogP contribution is 2.38. The Bertz CT molecular complexity index is 1150. The van der Waals surface area contributed by atoms with Crippen LogP contribution in [0.1, 0.15) is 16.7 Å². The Kier molecular flexibility index (Phi) is 6.42. The first-order valence-corrected chi connectivity index (χ1v) is 10.2. The molecule has 9 heteroatoms. The Morgan fingerprint density at radius 2 is 1.79 bits per heavy atom. The summed E-state index contributed by atoms with van der Waals surface area (Å²) < 4.78 is 67.5. The molecule has 2 aromatic carbocycles. The lowest BCUT2D eigenvalue weighted by Crippen LogP contribution is -2.19. The Labute approximate surface area is 188 Å². The van der Waals surface area contributed by atoms with Crippen LogP contribution in [0.5, 0.6) is 17.2 Å². The van der Waals surface area contributed by atoms with Gasteiger partial charge in [0.05, 0.1) is 19.9 Å². The molecule has 33 heavy (non-hydrogen) atoms. The highest BCUT2D eigenvalue weighted by atomic mass is 19.4. The number of nitrogens with zero attached hydrogens (tertiary/aromatic N) is 2. The molecule has 5 nitrogen and oxygen atoms in total. The van der Waals surface area contributed by atoms with Crippen LogP contribution in [0, 0.1) is 5.82 Å². The zero-order chi connectivity index (χ0) is 23.6. The molecule has 0 radical (unpaired) electrons. The molecule has 0 fully saturated rings. The fourth-order valence-corrected chi connectivity index (χ4v) is 3.92. The van der Waals surface area contributed by atoms with Crippen molar-refractivity contribution < 1.29 is 31.8 Å². The van der Waals surface area contributed by atoms with Crippen LogP contribution in [0.25, 0.3) is 11.3 Å². The smallest absolute Gasteiger partial charge is 0.422 e. The van der Waals surface area contributed by atoms with E-state index < -0.39 is 18.6 Å². The second-order valence-corrected chi connectivity index (χ2v) is 7.66. The van der Waals surface area contributed by atoms with Crippen LogP contribution in [0.4, 0.5) is 17.6 Å². The summed E-state index contributed by atoms with van der Waals surface area (Å²) in [5.41, 5.74) is 3.64. The van der Waals surface area contributed by atoms with E-state index in [-0.39, 0.29) is 5.75 Å². The molecule has 2 heterocycles. The Balaban J connectivity index is 1.61. The van der Waals surface area contributed by atoms with E-state index in [1.54, 1.807) is 20.4 Å². The molecule has 0 spiro atoms. The van der Waals surface area contributed by atoms with E-state index in [1.807, 2.05) is 24.3 Å². The van der Waals surface area contributed by atoms with Gasteiger partial charge in [0.1, 0.15) is 23.1 Å². The van der Waals surface area contributed by atoms with Gasteiger partial charge in [0, 0.05) is 49.1 Å². The molecule has 0 aliphatic carbocycles. The molecule has 0 unspecified atom stereocenters. The van der Waals surface area contributed by atoms with Gasteiger partial charge >= 0.3 is 6.18 Å². The second-order valence-electron chi connectivity index (χ2n) is 7.66. The van der Waals surface area contributed by atoms with Gasteiger partial charge in [-0.2, -0.15) is 13.2 Å². The minimum atomic E-state index is -4.54. The van der Waals surface area contributed by atoms with E-state index >= 15 is 0 Å². The number of hydrogen-bond acceptors (Lipinski definition) is 5. The Morgan fingerprint density at radius 1 is 0.970 bits per heavy atom. The average Bonchev–Trinajstić information content (AvgIpc) is 3.20. The summed E-state index contributed by atoms with van der Waals surface area (Å²) >= 11 is 0. The topological polar surface area (TPSA) is 43.8 Å². The van der Waals surface area contributed by atoms with E-state index in [9.17, 15) is 17.6 Å². The molecule has 0 N–H and O–H groups in total. The number of benzene rings is 2. The Hall–Kier alpha value is -3.33. The highest BCUT2D eigenvalue weighted by molar-refractivity contribution is 5.71. The van der Waals surface area contributed by atoms with Crippen molar-refractivity contribution in [3.05, 3.63) is 71.2 Å². The summed E-state index contributed by atoms with van der Waals surface area (Å²) in [7, 11) is 3.18. The normalized spacial score (nSPS) is 13.6. The summed E-state index contributed by atoms with van der Waals surface area (Å²) in [4.78, 5) is 6.57. The summed E-state index contributed by atoms with van der Waals surface area (Å²) in [5.74, 6) is 0.514. The van der Waals surface area contributed by atoms with Gasteiger partial charge in [0.25, 0.3) is 0 Å². The maximum atomic E-state index is 13.8. The molecule has 0 atom stereocenters. The van der Waals surface area contributed by atoms with Crippen LogP contribution >= 0.6 is 0 Å². The molecule has 0 saturated heterocycles. The largest absolute Gasteiger partial charge is 0.497 e. The van der Waals surface area contributed by atoms with E-state index in [4.69, 9.17) is 14.2 Å². The zero-order valence-corrected chi connectivity index (χ0v) is 18.1. The van der Waals surface area contributed by atoms with Crippen LogP contribution < -0.4 is 14.2 Å². The first-order chi connectivity index (χ1) is 15.8. The minimum Gasteiger partial charge on any atom is -0.497 e. The number of methoxy groups -OCH3 is 2. The van der Waals surface area contributed by atoms with Gasteiger partial charge in [-0.1, -0.05) is 6.07 Å². The quantitative estimate of drug-likeness (QED) is 0.442. The molecule has 4 rings (SSSR count). The fraction of sp³-hybridized carbons (Fsp3) is 0.292. The molecule has 0 amide bonds. The molecule has 0 bridgehead atoms. The van der Waals surface area contributed by atoms with Crippen LogP contribution in [-0.2, 0) is 19.6 Å². The van der Waals surface area contributed by atoms with Gasteiger partial charge in [-0.05, 0) is 35.4 Å². The second kappa shape index (κ2) is 9.27. The lowest BCUT2D eigenvalue weighted by atomic mass is 10.0. The third-order valence-corrected chi connectivity index (χ3v) is 5.41. The van der Waals surface area contributed by atoms with Gasteiger partial charge in [-0.25, -0.2) is 4.39 Å². The van der Waals surface area contributed by atoms with Crippen molar-refractivity contribution in [2.75, 3.05) is 20.8 Å². The standard InChI is InChI=1S/C24H22F4N2O3/c1-31-18-5-3-16(21(10-18)32-2)12-30-11-15-7-8-29-23(20(15)13-30)19-6-4-17(25)9-22(19)33-14-24(26,27)28/h3-10H,11-14H2,1-2H3. The number of aromatic nitrogens is 1. The molecule has 0 saturated carbocycles. The predicted molar refractivity (Wildman–Crippen MR) is 114 cm³/mol. The number of pyridine rings is 1. The van der Waals surface area contributed by atoms with Crippen LogP contribution in [0.2, 0.25) is 0 Å². The van der Waals surface area contributed by atoms with Crippen molar-refractivity contribution in [3.8, 4) is 28.5 Å². The molecular weight excluding hydrogens is 440 g/mol. The van der Waals surface area contributed by atoms with Gasteiger partial charge in [-0.3, -0.25) is 9.88 Å². The van der Waals surface area contributed by atoms with Crippen molar-refractivity contribution in [1.29, 1.82) is 0 Å². The summed E-state index contributed by atoms with van der Waals surface area (Å²) in [6.07, 6.45) is -2.94. The van der Waals surface area contributed by atoms with Crippen LogP contribution in [0.3, 0.4) is 0 Å². The fourth-order valence-electron chi connectivity index (χ4n) is 3.92. The third kappa shape index (κ3) is 5.19. The molecular formula is C24H22F4N2O3. The molecule has 174 valence electrons. The number of fused-ring (bicyclic) bond motifs is 1. The van der Waals surface area contributed by atoms with E-state index in [2.05, 4.69) is 9.88 Å². The molecule has 3 aromatic rings.